The third-order valence-electron chi connectivity index (χ3n) is 8.93. The van der Waals surface area contributed by atoms with Gasteiger partial charge in [0.15, 0.2) is 5.76 Å². The van der Waals surface area contributed by atoms with Gasteiger partial charge in [-0.15, -0.1) is 0 Å². The van der Waals surface area contributed by atoms with Crippen molar-refractivity contribution in [1.29, 1.82) is 0 Å². The number of rotatable bonds is 9. The van der Waals surface area contributed by atoms with Crippen molar-refractivity contribution in [1.82, 2.24) is 0 Å². The molecular formula is C34H42O14. The molecule has 0 bridgehead atoms. The Morgan fingerprint density at radius 3 is 2.27 bits per heavy atom. The summed E-state index contributed by atoms with van der Waals surface area (Å²) in [5, 5.41) is 84.1. The van der Waals surface area contributed by atoms with E-state index in [1.807, 2.05) is 19.9 Å². The second kappa shape index (κ2) is 14.4. The van der Waals surface area contributed by atoms with E-state index in [4.69, 9.17) is 23.4 Å². The van der Waals surface area contributed by atoms with Crippen LogP contribution in [0, 0.1) is 5.92 Å². The Morgan fingerprint density at radius 2 is 1.65 bits per heavy atom. The van der Waals surface area contributed by atoms with Gasteiger partial charge < -0.3 is 64.2 Å². The summed E-state index contributed by atoms with van der Waals surface area (Å²) in [6, 6.07) is 7.44. The SMILES string of the molecule is COc1ccc(-c2oc3c(CC=C(C)C)c(O)cc(O)c3c(=O)c2OC2OC(C)C(OC3CC(CO)C(O)C(O)C3O)C(O)C2O)cc1. The molecule has 3 aromatic rings. The first-order valence-electron chi connectivity index (χ1n) is 15.6. The highest BCUT2D eigenvalue weighted by Gasteiger charge is 2.49. The number of aliphatic hydroxyl groups is 6. The quantitative estimate of drug-likeness (QED) is 0.149. The highest BCUT2D eigenvalue weighted by molar-refractivity contribution is 5.91. The maximum atomic E-state index is 14.1. The molecular weight excluding hydrogens is 632 g/mol. The van der Waals surface area contributed by atoms with Crippen molar-refractivity contribution < 1.29 is 64.2 Å². The molecule has 2 aromatic carbocycles. The first-order valence-corrected chi connectivity index (χ1v) is 15.6. The lowest BCUT2D eigenvalue weighted by Gasteiger charge is -2.45. The molecule has 8 N–H and O–H groups in total. The summed E-state index contributed by atoms with van der Waals surface area (Å²) in [6.07, 6.45) is -11.2. The molecule has 0 spiro atoms. The molecule has 1 saturated carbocycles. The summed E-state index contributed by atoms with van der Waals surface area (Å²) in [5.74, 6) is -1.75. The van der Waals surface area contributed by atoms with Crippen molar-refractivity contribution in [3.05, 3.63) is 57.8 Å². The fourth-order valence-corrected chi connectivity index (χ4v) is 6.12. The molecule has 2 aliphatic rings. The second-order valence-corrected chi connectivity index (χ2v) is 12.5. The number of aliphatic hydroxyl groups excluding tert-OH is 6. The van der Waals surface area contributed by atoms with Gasteiger partial charge in [-0.05, 0) is 57.9 Å². The van der Waals surface area contributed by atoms with Crippen LogP contribution in [-0.4, -0.2) is 110 Å². The fourth-order valence-electron chi connectivity index (χ4n) is 6.12. The van der Waals surface area contributed by atoms with Crippen LogP contribution in [0.25, 0.3) is 22.3 Å². The Labute approximate surface area is 275 Å². The van der Waals surface area contributed by atoms with E-state index in [0.717, 1.165) is 11.6 Å². The molecule has 1 aliphatic carbocycles. The van der Waals surface area contributed by atoms with Gasteiger partial charge in [0, 0.05) is 29.7 Å². The molecule has 14 nitrogen and oxygen atoms in total. The number of phenols is 2. The molecule has 2 heterocycles. The summed E-state index contributed by atoms with van der Waals surface area (Å²) >= 11 is 0. The molecule has 5 rings (SSSR count). The third kappa shape index (κ3) is 6.75. The van der Waals surface area contributed by atoms with Crippen molar-refractivity contribution in [2.45, 2.75) is 88.7 Å². The van der Waals surface area contributed by atoms with Gasteiger partial charge in [0.25, 0.3) is 0 Å². The Morgan fingerprint density at radius 1 is 0.958 bits per heavy atom. The molecule has 1 saturated heterocycles. The lowest BCUT2D eigenvalue weighted by atomic mass is 9.81. The van der Waals surface area contributed by atoms with E-state index in [-0.39, 0.29) is 40.9 Å². The normalized spacial score (nSPS) is 30.6. The maximum absolute atomic E-state index is 14.1. The van der Waals surface area contributed by atoms with Gasteiger partial charge in [-0.2, -0.15) is 0 Å². The predicted molar refractivity (Wildman–Crippen MR) is 170 cm³/mol. The summed E-state index contributed by atoms with van der Waals surface area (Å²) in [4.78, 5) is 14.1. The van der Waals surface area contributed by atoms with Crippen molar-refractivity contribution >= 4 is 11.0 Å². The van der Waals surface area contributed by atoms with Crippen LogP contribution >= 0.6 is 0 Å². The Hall–Kier alpha value is -3.73. The zero-order valence-electron chi connectivity index (χ0n) is 26.9. The van der Waals surface area contributed by atoms with Crippen molar-refractivity contribution in [3.8, 4) is 34.3 Å². The zero-order valence-corrected chi connectivity index (χ0v) is 26.9. The average molecular weight is 675 g/mol. The fraction of sp³-hybridized carbons (Fsp3) is 0.500. The molecule has 1 aromatic heterocycles. The van der Waals surface area contributed by atoms with E-state index in [9.17, 15) is 45.6 Å². The largest absolute Gasteiger partial charge is 0.507 e. The topological polar surface area (TPSA) is 229 Å². The number of benzene rings is 2. The Bertz CT molecular complexity index is 1680. The van der Waals surface area contributed by atoms with E-state index in [1.54, 1.807) is 24.3 Å². The van der Waals surface area contributed by atoms with Crippen molar-refractivity contribution in [2.75, 3.05) is 13.7 Å². The first-order chi connectivity index (χ1) is 22.8. The van der Waals surface area contributed by atoms with E-state index < -0.39 is 84.6 Å². The highest BCUT2D eigenvalue weighted by Crippen LogP contribution is 2.41. The average Bonchev–Trinajstić information content (AvgIpc) is 3.05. The van der Waals surface area contributed by atoms with Gasteiger partial charge in [-0.1, -0.05) is 11.6 Å². The van der Waals surface area contributed by atoms with Crippen LogP contribution in [0.3, 0.4) is 0 Å². The van der Waals surface area contributed by atoms with E-state index in [1.165, 1.54) is 14.0 Å². The minimum atomic E-state index is -1.82. The number of phenolic OH excluding ortho intramolecular Hbond substituents is 2. The molecule has 0 radical (unpaired) electrons. The van der Waals surface area contributed by atoms with Crippen LogP contribution in [0.2, 0.25) is 0 Å². The lowest BCUT2D eigenvalue weighted by molar-refractivity contribution is -0.296. The minimum absolute atomic E-state index is 0.0557. The number of fused-ring (bicyclic) bond motifs is 1. The van der Waals surface area contributed by atoms with E-state index in [2.05, 4.69) is 0 Å². The number of allylic oxidation sites excluding steroid dienone is 2. The van der Waals surface area contributed by atoms with E-state index in [0.29, 0.717) is 11.3 Å². The number of ether oxygens (including phenoxy) is 4. The van der Waals surface area contributed by atoms with E-state index >= 15 is 0 Å². The van der Waals surface area contributed by atoms with Crippen LogP contribution in [0.1, 0.15) is 32.8 Å². The Balaban J connectivity index is 1.52. The molecule has 262 valence electrons. The number of methoxy groups -OCH3 is 1. The monoisotopic (exact) mass is 674 g/mol. The molecule has 14 heteroatoms. The minimum Gasteiger partial charge on any atom is -0.507 e. The predicted octanol–water partition coefficient (Wildman–Crippen LogP) is 1.08. The molecule has 10 atom stereocenters. The summed E-state index contributed by atoms with van der Waals surface area (Å²) < 4.78 is 29.2. The van der Waals surface area contributed by atoms with Crippen LogP contribution in [-0.2, 0) is 15.9 Å². The molecule has 2 fully saturated rings. The zero-order chi connectivity index (χ0) is 35.0. The third-order valence-corrected chi connectivity index (χ3v) is 8.93. The van der Waals surface area contributed by atoms with Crippen molar-refractivity contribution in [2.24, 2.45) is 5.92 Å². The smallest absolute Gasteiger partial charge is 0.239 e. The second-order valence-electron chi connectivity index (χ2n) is 12.5. The highest BCUT2D eigenvalue weighted by atomic mass is 16.7. The molecule has 10 unspecified atom stereocenters. The van der Waals surface area contributed by atoms with Gasteiger partial charge in [0.2, 0.25) is 17.5 Å². The number of aromatic hydroxyl groups is 2. The van der Waals surface area contributed by atoms with Crippen LogP contribution in [0.15, 0.2) is 51.2 Å². The van der Waals surface area contributed by atoms with Gasteiger partial charge in [0.1, 0.15) is 58.7 Å². The van der Waals surface area contributed by atoms with Gasteiger partial charge in [-0.3, -0.25) is 4.79 Å². The van der Waals surface area contributed by atoms with Crippen molar-refractivity contribution in [3.63, 3.8) is 0 Å². The summed E-state index contributed by atoms with van der Waals surface area (Å²) in [7, 11) is 1.48. The van der Waals surface area contributed by atoms with Gasteiger partial charge in [-0.25, -0.2) is 0 Å². The first kappa shape index (κ1) is 35.6. The maximum Gasteiger partial charge on any atom is 0.239 e. The summed E-state index contributed by atoms with van der Waals surface area (Å²) in [5.41, 5.74) is 0.589. The molecule has 0 amide bonds. The van der Waals surface area contributed by atoms with Gasteiger partial charge >= 0.3 is 0 Å². The van der Waals surface area contributed by atoms with Crippen LogP contribution in [0.4, 0.5) is 0 Å². The van der Waals surface area contributed by atoms with Crippen LogP contribution < -0.4 is 14.9 Å². The molecule has 1 aliphatic heterocycles. The molecule has 48 heavy (non-hydrogen) atoms. The summed E-state index contributed by atoms with van der Waals surface area (Å²) in [6.45, 7) is 4.74. The number of hydrogen-bond donors (Lipinski definition) is 8. The van der Waals surface area contributed by atoms with Gasteiger partial charge in [0.05, 0.1) is 25.4 Å². The lowest BCUT2D eigenvalue weighted by Crippen LogP contribution is -2.62. The number of hydrogen-bond acceptors (Lipinski definition) is 14. The Kier molecular flexibility index (Phi) is 10.7. The standard InChI is InChI=1S/C34H42O14/c1-14(2)5-10-19-20(36)12-21(37)23-26(40)33(31(47-32(19)23)16-6-8-18(44-4)9-7-16)48-34-29(43)28(42)30(15(3)45-34)46-22-11-17(13-35)24(38)27(41)25(22)39/h5-9,12,15,17,22,24-25,27-30,34-39,41-43H,10-11,13H2,1-4H3. The van der Waals surface area contributed by atoms with Crippen LogP contribution in [0.5, 0.6) is 23.0 Å².